The highest BCUT2D eigenvalue weighted by molar-refractivity contribution is 5.26. The molecule has 3 N–H and O–H groups in total. The second-order valence-electron chi connectivity index (χ2n) is 3.76. The van der Waals surface area contributed by atoms with E-state index in [0.29, 0.717) is 13.2 Å². The molecule has 0 amide bonds. The number of alkyl halides is 1. The first-order valence-corrected chi connectivity index (χ1v) is 5.97. The van der Waals surface area contributed by atoms with E-state index in [2.05, 4.69) is 5.43 Å². The van der Waals surface area contributed by atoms with Crippen LogP contribution in [0.15, 0.2) is 47.7 Å². The SMILES string of the molecule is C/C=C(NN)\C(C)=C/COC/C=C\C=C/C(C)F. The molecule has 0 aromatic carbocycles. The third-order valence-corrected chi connectivity index (χ3v) is 2.21. The molecular weight excluding hydrogens is 231 g/mol. The van der Waals surface area contributed by atoms with Crippen LogP contribution in [-0.2, 0) is 4.74 Å². The molecule has 0 saturated heterocycles. The van der Waals surface area contributed by atoms with Crippen molar-refractivity contribution in [3.63, 3.8) is 0 Å². The van der Waals surface area contributed by atoms with Gasteiger partial charge in [-0.2, -0.15) is 0 Å². The topological polar surface area (TPSA) is 47.3 Å². The molecule has 0 aromatic rings. The molecule has 0 aliphatic heterocycles. The minimum atomic E-state index is -0.913. The number of nitrogens with two attached hydrogens (primary N) is 1. The van der Waals surface area contributed by atoms with Crippen molar-refractivity contribution in [2.75, 3.05) is 13.2 Å². The average molecular weight is 254 g/mol. The summed E-state index contributed by atoms with van der Waals surface area (Å²) in [5, 5.41) is 0. The Morgan fingerprint density at radius 3 is 2.67 bits per heavy atom. The molecule has 102 valence electrons. The van der Waals surface area contributed by atoms with Gasteiger partial charge in [0.15, 0.2) is 0 Å². The molecule has 4 heteroatoms. The number of hydrogen-bond acceptors (Lipinski definition) is 3. The number of ether oxygens (including phenoxy) is 1. The molecule has 0 spiro atoms. The van der Waals surface area contributed by atoms with Gasteiger partial charge in [-0.25, -0.2) is 4.39 Å². The van der Waals surface area contributed by atoms with Crippen LogP contribution in [0.2, 0.25) is 0 Å². The summed E-state index contributed by atoms with van der Waals surface area (Å²) < 4.78 is 17.7. The van der Waals surface area contributed by atoms with E-state index in [1.807, 2.05) is 32.1 Å². The van der Waals surface area contributed by atoms with Gasteiger partial charge in [0, 0.05) is 5.70 Å². The van der Waals surface area contributed by atoms with E-state index in [-0.39, 0.29) is 0 Å². The molecule has 0 radical (unpaired) electrons. The quantitative estimate of drug-likeness (QED) is 0.303. The molecule has 0 rings (SSSR count). The van der Waals surface area contributed by atoms with Crippen LogP contribution in [0.5, 0.6) is 0 Å². The molecule has 3 nitrogen and oxygen atoms in total. The lowest BCUT2D eigenvalue weighted by atomic mass is 10.2. The van der Waals surface area contributed by atoms with Crippen LogP contribution < -0.4 is 11.3 Å². The lowest BCUT2D eigenvalue weighted by molar-refractivity contribution is 0.193. The van der Waals surface area contributed by atoms with Gasteiger partial charge in [-0.1, -0.05) is 36.5 Å². The van der Waals surface area contributed by atoms with Crippen LogP contribution in [0.4, 0.5) is 4.39 Å². The first kappa shape index (κ1) is 16.6. The highest BCUT2D eigenvalue weighted by atomic mass is 19.1. The molecule has 0 aliphatic carbocycles. The molecular formula is C14H23FN2O. The van der Waals surface area contributed by atoms with Crippen LogP contribution in [0.25, 0.3) is 0 Å². The largest absolute Gasteiger partial charge is 0.373 e. The standard InChI is InChI=1S/C14H23FN2O/c1-4-14(17-16)12(2)9-11-18-10-7-5-6-8-13(3)15/h4-9,13,17H,10-11,16H2,1-3H3/b7-5-,8-6-,12-9-,14-4+. The lowest BCUT2D eigenvalue weighted by Gasteiger charge is -2.05. The highest BCUT2D eigenvalue weighted by Crippen LogP contribution is 2.03. The summed E-state index contributed by atoms with van der Waals surface area (Å²) in [6.07, 6.45) is 9.68. The molecule has 18 heavy (non-hydrogen) atoms. The summed E-state index contributed by atoms with van der Waals surface area (Å²) >= 11 is 0. The molecule has 0 bridgehead atoms. The number of rotatable bonds is 8. The van der Waals surface area contributed by atoms with Gasteiger partial charge in [-0.05, 0) is 26.3 Å². The van der Waals surface area contributed by atoms with E-state index in [4.69, 9.17) is 10.6 Å². The summed E-state index contributed by atoms with van der Waals surface area (Å²) in [5.74, 6) is 5.34. The van der Waals surface area contributed by atoms with Crippen LogP contribution in [0, 0.1) is 0 Å². The molecule has 0 fully saturated rings. The van der Waals surface area contributed by atoms with E-state index in [9.17, 15) is 4.39 Å². The van der Waals surface area contributed by atoms with Gasteiger partial charge in [0.05, 0.1) is 13.2 Å². The van der Waals surface area contributed by atoms with E-state index >= 15 is 0 Å². The second kappa shape index (κ2) is 10.7. The minimum absolute atomic E-state index is 0.496. The maximum Gasteiger partial charge on any atom is 0.116 e. The van der Waals surface area contributed by atoms with Gasteiger partial charge in [0.1, 0.15) is 6.17 Å². The van der Waals surface area contributed by atoms with Crippen LogP contribution in [0.1, 0.15) is 20.8 Å². The van der Waals surface area contributed by atoms with Crippen LogP contribution >= 0.6 is 0 Å². The second-order valence-corrected chi connectivity index (χ2v) is 3.76. The van der Waals surface area contributed by atoms with Crippen molar-refractivity contribution < 1.29 is 9.13 Å². The first-order valence-electron chi connectivity index (χ1n) is 5.97. The summed E-state index contributed by atoms with van der Waals surface area (Å²) in [5.41, 5.74) is 4.53. The summed E-state index contributed by atoms with van der Waals surface area (Å²) in [6.45, 7) is 6.36. The van der Waals surface area contributed by atoms with Gasteiger partial charge in [-0.3, -0.25) is 5.84 Å². The van der Waals surface area contributed by atoms with Crippen molar-refractivity contribution in [2.45, 2.75) is 26.9 Å². The smallest absolute Gasteiger partial charge is 0.116 e. The number of hydrogen-bond donors (Lipinski definition) is 2. The summed E-state index contributed by atoms with van der Waals surface area (Å²) in [6, 6.07) is 0. The Hall–Kier alpha value is -1.39. The normalized spacial score (nSPS) is 15.6. The fraction of sp³-hybridized carbons (Fsp3) is 0.429. The Balaban J connectivity index is 3.83. The Labute approximate surface area is 109 Å². The highest BCUT2D eigenvalue weighted by Gasteiger charge is 1.94. The first-order chi connectivity index (χ1) is 8.61. The molecule has 0 aliphatic rings. The van der Waals surface area contributed by atoms with Crippen molar-refractivity contribution in [3.05, 3.63) is 47.7 Å². The number of allylic oxidation sites excluding steroid dienone is 5. The zero-order chi connectivity index (χ0) is 13.8. The zero-order valence-corrected chi connectivity index (χ0v) is 11.3. The number of nitrogens with one attached hydrogen (secondary N) is 1. The summed E-state index contributed by atoms with van der Waals surface area (Å²) in [4.78, 5) is 0. The summed E-state index contributed by atoms with van der Waals surface area (Å²) in [7, 11) is 0. The average Bonchev–Trinajstić information content (AvgIpc) is 2.33. The van der Waals surface area contributed by atoms with Crippen molar-refractivity contribution >= 4 is 0 Å². The van der Waals surface area contributed by atoms with E-state index in [0.717, 1.165) is 11.3 Å². The maximum atomic E-state index is 12.4. The van der Waals surface area contributed by atoms with Crippen LogP contribution in [0.3, 0.4) is 0 Å². The van der Waals surface area contributed by atoms with E-state index < -0.39 is 6.17 Å². The molecule has 0 saturated carbocycles. The molecule has 1 unspecified atom stereocenters. The van der Waals surface area contributed by atoms with Gasteiger partial charge >= 0.3 is 0 Å². The van der Waals surface area contributed by atoms with E-state index in [1.165, 1.54) is 13.0 Å². The Morgan fingerprint density at radius 1 is 1.39 bits per heavy atom. The predicted octanol–water partition coefficient (Wildman–Crippen LogP) is 2.79. The van der Waals surface area contributed by atoms with Crippen molar-refractivity contribution in [3.8, 4) is 0 Å². The minimum Gasteiger partial charge on any atom is -0.373 e. The van der Waals surface area contributed by atoms with Gasteiger partial charge in [0.25, 0.3) is 0 Å². The predicted molar refractivity (Wildman–Crippen MR) is 74.5 cm³/mol. The van der Waals surface area contributed by atoms with Gasteiger partial charge < -0.3 is 10.2 Å². The van der Waals surface area contributed by atoms with Gasteiger partial charge in [-0.15, -0.1) is 0 Å². The number of hydrazine groups is 1. The fourth-order valence-corrected chi connectivity index (χ4v) is 1.21. The van der Waals surface area contributed by atoms with Crippen LogP contribution in [-0.4, -0.2) is 19.4 Å². The van der Waals surface area contributed by atoms with Crippen molar-refractivity contribution in [1.82, 2.24) is 5.43 Å². The Morgan fingerprint density at radius 2 is 2.11 bits per heavy atom. The zero-order valence-electron chi connectivity index (χ0n) is 11.3. The third-order valence-electron chi connectivity index (χ3n) is 2.21. The van der Waals surface area contributed by atoms with Crippen molar-refractivity contribution in [1.29, 1.82) is 0 Å². The molecule has 0 aromatic heterocycles. The Kier molecular flexibility index (Phi) is 9.91. The van der Waals surface area contributed by atoms with Crippen molar-refractivity contribution in [2.24, 2.45) is 5.84 Å². The molecule has 0 heterocycles. The maximum absolute atomic E-state index is 12.4. The third kappa shape index (κ3) is 8.73. The Bertz CT molecular complexity index is 331. The lowest BCUT2D eigenvalue weighted by Crippen LogP contribution is -2.21. The monoisotopic (exact) mass is 254 g/mol. The van der Waals surface area contributed by atoms with Gasteiger partial charge in [0.2, 0.25) is 0 Å². The van der Waals surface area contributed by atoms with E-state index in [1.54, 1.807) is 12.2 Å². The number of halogens is 1. The molecule has 1 atom stereocenters. The fourth-order valence-electron chi connectivity index (χ4n) is 1.21.